The maximum atomic E-state index is 14.1. The van der Waals surface area contributed by atoms with Gasteiger partial charge in [-0.05, 0) is 83.1 Å². The minimum Gasteiger partial charge on any atom is -0.497 e. The molecule has 0 spiro atoms. The lowest BCUT2D eigenvalue weighted by Crippen LogP contribution is -2.32. The number of halogens is 1. The second-order valence-electron chi connectivity index (χ2n) is 7.67. The number of ether oxygens (including phenoxy) is 3. The van der Waals surface area contributed by atoms with Gasteiger partial charge in [0.15, 0.2) is 0 Å². The van der Waals surface area contributed by atoms with Crippen LogP contribution in [0.4, 0.5) is 4.39 Å². The van der Waals surface area contributed by atoms with Crippen LogP contribution in [0.2, 0.25) is 0 Å². The molecule has 0 heterocycles. The third kappa shape index (κ3) is 5.70. The number of esters is 1. The second kappa shape index (κ2) is 8.17. The molecule has 0 N–H and O–H groups in total. The van der Waals surface area contributed by atoms with Crippen LogP contribution in [0.1, 0.15) is 64.9 Å². The molecule has 1 aliphatic carbocycles. The largest absolute Gasteiger partial charge is 0.497 e. The molecular formula is C20H29FO4. The molecule has 1 atom stereocenters. The maximum absolute atomic E-state index is 14.1. The highest BCUT2D eigenvalue weighted by Gasteiger charge is 2.31. The Hall–Kier alpha value is -1.62. The van der Waals surface area contributed by atoms with Crippen molar-refractivity contribution in [2.24, 2.45) is 5.92 Å². The van der Waals surface area contributed by atoms with E-state index in [1.165, 1.54) is 6.07 Å². The van der Waals surface area contributed by atoms with Crippen molar-refractivity contribution in [1.82, 2.24) is 0 Å². The summed E-state index contributed by atoms with van der Waals surface area (Å²) in [5.41, 5.74) is 0.317. The molecule has 5 heteroatoms. The predicted molar refractivity (Wildman–Crippen MR) is 94.0 cm³/mol. The van der Waals surface area contributed by atoms with E-state index in [-0.39, 0.29) is 29.2 Å². The number of carbonyl (C=O) groups excluding carboxylic acids is 1. The van der Waals surface area contributed by atoms with E-state index < -0.39 is 6.29 Å². The van der Waals surface area contributed by atoms with Gasteiger partial charge in [-0.3, -0.25) is 4.79 Å². The van der Waals surface area contributed by atoms with E-state index in [0.29, 0.717) is 24.2 Å². The Kier molecular flexibility index (Phi) is 6.44. The highest BCUT2D eigenvalue weighted by atomic mass is 19.1. The van der Waals surface area contributed by atoms with Crippen molar-refractivity contribution in [3.8, 4) is 5.75 Å². The van der Waals surface area contributed by atoms with Gasteiger partial charge in [0.25, 0.3) is 0 Å². The van der Waals surface area contributed by atoms with Gasteiger partial charge in [0, 0.05) is 0 Å². The van der Waals surface area contributed by atoms with Crippen molar-refractivity contribution in [3.63, 3.8) is 0 Å². The Morgan fingerprint density at radius 3 is 2.40 bits per heavy atom. The van der Waals surface area contributed by atoms with Gasteiger partial charge in [0.2, 0.25) is 6.29 Å². The lowest BCUT2D eigenvalue weighted by molar-refractivity contribution is -0.201. The van der Waals surface area contributed by atoms with E-state index in [2.05, 4.69) is 0 Å². The average Bonchev–Trinajstić information content (AvgIpc) is 2.53. The highest BCUT2D eigenvalue weighted by Crippen LogP contribution is 2.38. The summed E-state index contributed by atoms with van der Waals surface area (Å²) in [6.45, 7) is 7.50. The minimum absolute atomic E-state index is 0.113. The molecular weight excluding hydrogens is 323 g/mol. The average molecular weight is 352 g/mol. The third-order valence-electron chi connectivity index (χ3n) is 4.51. The van der Waals surface area contributed by atoms with Crippen LogP contribution in [0.3, 0.4) is 0 Å². The zero-order valence-electron chi connectivity index (χ0n) is 15.8. The van der Waals surface area contributed by atoms with Crippen molar-refractivity contribution in [1.29, 1.82) is 0 Å². The zero-order valence-corrected chi connectivity index (χ0v) is 15.8. The molecule has 0 radical (unpaired) electrons. The van der Waals surface area contributed by atoms with E-state index in [1.54, 1.807) is 26.2 Å². The first-order valence-electron chi connectivity index (χ1n) is 8.91. The first-order chi connectivity index (χ1) is 11.7. The lowest BCUT2D eigenvalue weighted by Gasteiger charge is -2.30. The van der Waals surface area contributed by atoms with E-state index in [4.69, 9.17) is 14.2 Å². The molecule has 0 bridgehead atoms. The van der Waals surface area contributed by atoms with E-state index in [1.807, 2.05) is 20.8 Å². The molecule has 1 aromatic carbocycles. The number of benzene rings is 1. The van der Waals surface area contributed by atoms with E-state index in [0.717, 1.165) is 12.8 Å². The summed E-state index contributed by atoms with van der Waals surface area (Å²) in [5, 5.41) is 0. The van der Waals surface area contributed by atoms with E-state index >= 15 is 0 Å². The molecule has 1 aromatic rings. The van der Waals surface area contributed by atoms with Crippen molar-refractivity contribution in [2.75, 3.05) is 7.11 Å². The molecule has 1 fully saturated rings. The fourth-order valence-corrected chi connectivity index (χ4v) is 3.38. The van der Waals surface area contributed by atoms with Gasteiger partial charge >= 0.3 is 5.97 Å². The predicted octanol–water partition coefficient (Wildman–Crippen LogP) is 4.81. The van der Waals surface area contributed by atoms with Crippen LogP contribution in [0.25, 0.3) is 0 Å². The lowest BCUT2D eigenvalue weighted by atomic mass is 9.78. The molecule has 1 aliphatic rings. The molecule has 4 nitrogen and oxygen atoms in total. The molecule has 25 heavy (non-hydrogen) atoms. The third-order valence-corrected chi connectivity index (χ3v) is 4.51. The Labute approximate surface area is 149 Å². The Balaban J connectivity index is 1.90. The molecule has 2 rings (SSSR count). The first kappa shape index (κ1) is 19.7. The fraction of sp³-hybridized carbons (Fsp3) is 0.650. The standard InChI is InChI=1S/C20H29FO4/c1-13(25-20(2,3)4)24-19(22)15-8-6-14(7-9-15)17-12-16(23-5)10-11-18(17)21/h10-15H,6-9H2,1-5H3. The van der Waals surface area contributed by atoms with Crippen molar-refractivity contribution in [3.05, 3.63) is 29.6 Å². The zero-order chi connectivity index (χ0) is 18.6. The van der Waals surface area contributed by atoms with Gasteiger partial charge in [-0.1, -0.05) is 0 Å². The number of methoxy groups -OCH3 is 1. The SMILES string of the molecule is COc1ccc(F)c(C2CCC(C(=O)OC(C)OC(C)(C)C)CC2)c1. The van der Waals surface area contributed by atoms with Crippen LogP contribution < -0.4 is 4.74 Å². The highest BCUT2D eigenvalue weighted by molar-refractivity contribution is 5.72. The summed E-state index contributed by atoms with van der Waals surface area (Å²) < 4.78 is 30.3. The molecule has 0 aliphatic heterocycles. The van der Waals surface area contributed by atoms with Gasteiger partial charge in [0.1, 0.15) is 11.6 Å². The quantitative estimate of drug-likeness (QED) is 0.563. The molecule has 0 amide bonds. The monoisotopic (exact) mass is 352 g/mol. The van der Waals surface area contributed by atoms with Gasteiger partial charge in [-0.25, -0.2) is 4.39 Å². The van der Waals surface area contributed by atoms with Gasteiger partial charge < -0.3 is 14.2 Å². The number of rotatable bonds is 5. The van der Waals surface area contributed by atoms with Gasteiger partial charge in [-0.15, -0.1) is 0 Å². The topological polar surface area (TPSA) is 44.8 Å². The fourth-order valence-electron chi connectivity index (χ4n) is 3.38. The summed E-state index contributed by atoms with van der Waals surface area (Å²) >= 11 is 0. The normalized spacial score (nSPS) is 22.3. The maximum Gasteiger partial charge on any atom is 0.311 e. The van der Waals surface area contributed by atoms with E-state index in [9.17, 15) is 9.18 Å². The van der Waals surface area contributed by atoms with Crippen LogP contribution >= 0.6 is 0 Å². The Morgan fingerprint density at radius 1 is 1.20 bits per heavy atom. The summed E-state index contributed by atoms with van der Waals surface area (Å²) in [6, 6.07) is 4.83. The summed E-state index contributed by atoms with van der Waals surface area (Å²) in [6.07, 6.45) is 2.35. The van der Waals surface area contributed by atoms with Gasteiger partial charge in [-0.2, -0.15) is 0 Å². The van der Waals surface area contributed by atoms with Crippen LogP contribution in [-0.2, 0) is 14.3 Å². The van der Waals surface area contributed by atoms with Crippen LogP contribution in [0, 0.1) is 11.7 Å². The molecule has 0 saturated heterocycles. The molecule has 1 saturated carbocycles. The number of carbonyl (C=O) groups is 1. The Bertz CT molecular complexity index is 586. The molecule has 0 aromatic heterocycles. The molecule has 140 valence electrons. The molecule has 1 unspecified atom stereocenters. The van der Waals surface area contributed by atoms with Crippen molar-refractivity contribution in [2.45, 2.75) is 71.2 Å². The summed E-state index contributed by atoms with van der Waals surface area (Å²) in [4.78, 5) is 12.3. The van der Waals surface area contributed by atoms with Crippen LogP contribution in [-0.4, -0.2) is 25.0 Å². The number of hydrogen-bond donors (Lipinski definition) is 0. The summed E-state index contributed by atoms with van der Waals surface area (Å²) in [7, 11) is 1.57. The second-order valence-corrected chi connectivity index (χ2v) is 7.67. The van der Waals surface area contributed by atoms with Gasteiger partial charge in [0.05, 0.1) is 18.6 Å². The smallest absolute Gasteiger partial charge is 0.311 e. The summed E-state index contributed by atoms with van der Waals surface area (Å²) in [5.74, 6) is 0.199. The van der Waals surface area contributed by atoms with Crippen LogP contribution in [0.15, 0.2) is 18.2 Å². The number of hydrogen-bond acceptors (Lipinski definition) is 4. The van der Waals surface area contributed by atoms with Crippen molar-refractivity contribution < 1.29 is 23.4 Å². The van der Waals surface area contributed by atoms with Crippen LogP contribution in [0.5, 0.6) is 5.75 Å². The Morgan fingerprint density at radius 2 is 1.84 bits per heavy atom. The first-order valence-corrected chi connectivity index (χ1v) is 8.91. The minimum atomic E-state index is -0.568. The van der Waals surface area contributed by atoms with Crippen molar-refractivity contribution >= 4 is 5.97 Å².